The van der Waals surface area contributed by atoms with Gasteiger partial charge in [-0.25, -0.2) is 14.5 Å². The van der Waals surface area contributed by atoms with Gasteiger partial charge in [-0.1, -0.05) is 13.3 Å². The zero-order chi connectivity index (χ0) is 21.3. The molecular weight excluding hydrogens is 384 g/mol. The number of thioether (sulfide) groups is 1. The van der Waals surface area contributed by atoms with Crippen molar-refractivity contribution in [2.45, 2.75) is 84.4 Å². The summed E-state index contributed by atoms with van der Waals surface area (Å²) in [4.78, 5) is 48.5. The van der Waals surface area contributed by atoms with Gasteiger partial charge in [0.2, 0.25) is 5.91 Å². The molecule has 28 heavy (non-hydrogen) atoms. The Hall–Kier alpha value is -1.77. The topological polar surface area (TPSA) is 102 Å². The maximum atomic E-state index is 12.0. The monoisotopic (exact) mass is 416 g/mol. The van der Waals surface area contributed by atoms with Crippen molar-refractivity contribution in [2.24, 2.45) is 0 Å². The van der Waals surface area contributed by atoms with E-state index in [1.54, 1.807) is 6.92 Å². The smallest absolute Gasteiger partial charge is 0.425 e. The number of esters is 1. The van der Waals surface area contributed by atoms with Crippen molar-refractivity contribution >= 4 is 35.8 Å². The first-order valence-corrected chi connectivity index (χ1v) is 10.8. The second-order valence-electron chi connectivity index (χ2n) is 7.86. The third-order valence-corrected chi connectivity index (χ3v) is 5.04. The lowest BCUT2D eigenvalue weighted by Gasteiger charge is -2.21. The lowest BCUT2D eigenvalue weighted by Crippen LogP contribution is -2.43. The summed E-state index contributed by atoms with van der Waals surface area (Å²) in [7, 11) is 0. The van der Waals surface area contributed by atoms with Crippen LogP contribution in [0.3, 0.4) is 0 Å². The number of ether oxygens (including phenoxy) is 2. The van der Waals surface area contributed by atoms with Crippen LogP contribution in [0, 0.1) is 0 Å². The van der Waals surface area contributed by atoms with Crippen molar-refractivity contribution in [1.82, 2.24) is 10.2 Å². The summed E-state index contributed by atoms with van der Waals surface area (Å²) in [5.74, 6) is 0.300. The number of likely N-dealkylation sites (tertiary alicyclic amines) is 1. The van der Waals surface area contributed by atoms with Gasteiger partial charge < -0.3 is 14.8 Å². The van der Waals surface area contributed by atoms with Gasteiger partial charge >= 0.3 is 18.2 Å². The van der Waals surface area contributed by atoms with Gasteiger partial charge in [0.05, 0.1) is 5.75 Å². The summed E-state index contributed by atoms with van der Waals surface area (Å²) < 4.78 is 10.0. The van der Waals surface area contributed by atoms with Crippen LogP contribution in [-0.4, -0.2) is 58.2 Å². The predicted octanol–water partition coefficient (Wildman–Crippen LogP) is 3.48. The molecule has 1 saturated heterocycles. The molecule has 0 bridgehead atoms. The van der Waals surface area contributed by atoms with Crippen LogP contribution < -0.4 is 5.32 Å². The number of carbonyl (C=O) groups is 4. The second kappa shape index (κ2) is 11.3. The Kier molecular flexibility index (Phi) is 9.78. The van der Waals surface area contributed by atoms with E-state index in [2.05, 4.69) is 5.32 Å². The molecule has 1 rings (SSSR count). The molecule has 0 aromatic carbocycles. The largest absolute Gasteiger partial charge is 0.459 e. The molecule has 160 valence electrons. The number of nitrogens with one attached hydrogen (secondary N) is 1. The fourth-order valence-corrected chi connectivity index (χ4v) is 3.64. The molecule has 0 saturated carbocycles. The Morgan fingerprint density at radius 3 is 2.50 bits per heavy atom. The van der Waals surface area contributed by atoms with Crippen molar-refractivity contribution in [3.8, 4) is 0 Å². The molecule has 1 N–H and O–H groups in total. The molecule has 1 heterocycles. The van der Waals surface area contributed by atoms with E-state index in [-0.39, 0.29) is 36.1 Å². The van der Waals surface area contributed by atoms with Crippen LogP contribution in [0.15, 0.2) is 0 Å². The Morgan fingerprint density at radius 2 is 1.96 bits per heavy atom. The van der Waals surface area contributed by atoms with Gasteiger partial charge in [-0.15, -0.1) is 0 Å². The highest BCUT2D eigenvalue weighted by molar-refractivity contribution is 7.99. The molecule has 0 aromatic heterocycles. The standard InChI is InChI=1S/C19H32N2O6S/c1-6-7-14(10-11-28-12-16(23)27-19(3,4)5)20-17(24)26-18(25)21-13(2)8-9-15(21)22/h13-14H,6-12H2,1-5H3,(H,20,24). The van der Waals surface area contributed by atoms with E-state index in [4.69, 9.17) is 9.47 Å². The van der Waals surface area contributed by atoms with Crippen LogP contribution >= 0.6 is 11.8 Å². The summed E-state index contributed by atoms with van der Waals surface area (Å²) in [6.07, 6.45) is 1.26. The quantitative estimate of drug-likeness (QED) is 0.367. The highest BCUT2D eigenvalue weighted by atomic mass is 32.2. The first-order chi connectivity index (χ1) is 13.0. The normalized spacial score (nSPS) is 18.0. The van der Waals surface area contributed by atoms with Gasteiger partial charge in [-0.3, -0.25) is 9.59 Å². The van der Waals surface area contributed by atoms with Crippen LogP contribution in [0.5, 0.6) is 0 Å². The van der Waals surface area contributed by atoms with Crippen molar-refractivity contribution < 1.29 is 28.7 Å². The number of hydrogen-bond donors (Lipinski definition) is 1. The van der Waals surface area contributed by atoms with Crippen LogP contribution in [0.2, 0.25) is 0 Å². The molecule has 2 unspecified atom stereocenters. The van der Waals surface area contributed by atoms with Crippen molar-refractivity contribution in [3.05, 3.63) is 0 Å². The molecule has 2 atom stereocenters. The SMILES string of the molecule is CCCC(CCSCC(=O)OC(C)(C)C)NC(=O)OC(=O)N1C(=O)CCC1C. The average Bonchev–Trinajstić information content (AvgIpc) is 2.88. The highest BCUT2D eigenvalue weighted by Crippen LogP contribution is 2.19. The van der Waals surface area contributed by atoms with Crippen molar-refractivity contribution in [3.63, 3.8) is 0 Å². The zero-order valence-corrected chi connectivity index (χ0v) is 18.2. The Balaban J connectivity index is 2.38. The maximum Gasteiger partial charge on any atom is 0.425 e. The fraction of sp³-hybridized carbons (Fsp3) is 0.789. The van der Waals surface area contributed by atoms with Gasteiger partial charge in [0.15, 0.2) is 0 Å². The first kappa shape index (κ1) is 24.3. The minimum Gasteiger partial charge on any atom is -0.459 e. The van der Waals surface area contributed by atoms with Crippen LogP contribution in [0.4, 0.5) is 9.59 Å². The summed E-state index contributed by atoms with van der Waals surface area (Å²) in [6.45, 7) is 9.19. The van der Waals surface area contributed by atoms with E-state index < -0.39 is 17.8 Å². The lowest BCUT2D eigenvalue weighted by atomic mass is 10.1. The number of imide groups is 1. The van der Waals surface area contributed by atoms with Gasteiger partial charge in [0.25, 0.3) is 0 Å². The molecule has 1 aliphatic heterocycles. The summed E-state index contributed by atoms with van der Waals surface area (Å²) in [6, 6.07) is -0.438. The molecular formula is C19H32N2O6S. The summed E-state index contributed by atoms with van der Waals surface area (Å²) in [5, 5.41) is 2.68. The Bertz CT molecular complexity index is 575. The third-order valence-electron chi connectivity index (χ3n) is 4.07. The molecule has 0 radical (unpaired) electrons. The van der Waals surface area contributed by atoms with Gasteiger partial charge in [0, 0.05) is 18.5 Å². The molecule has 3 amide bonds. The molecule has 0 aliphatic carbocycles. The van der Waals surface area contributed by atoms with Crippen LogP contribution in [-0.2, 0) is 19.1 Å². The molecule has 1 aliphatic rings. The molecule has 0 spiro atoms. The number of amides is 3. The van der Waals surface area contributed by atoms with E-state index in [1.807, 2.05) is 27.7 Å². The van der Waals surface area contributed by atoms with Gasteiger partial charge in [-0.05, 0) is 52.7 Å². The lowest BCUT2D eigenvalue weighted by molar-refractivity contribution is -0.151. The van der Waals surface area contributed by atoms with Gasteiger partial charge in [-0.2, -0.15) is 11.8 Å². The molecule has 1 fully saturated rings. The zero-order valence-electron chi connectivity index (χ0n) is 17.4. The number of nitrogens with zero attached hydrogens (tertiary/aromatic N) is 1. The first-order valence-electron chi connectivity index (χ1n) is 9.67. The molecule has 0 aromatic rings. The van der Waals surface area contributed by atoms with E-state index in [1.165, 1.54) is 11.8 Å². The average molecular weight is 417 g/mol. The van der Waals surface area contributed by atoms with E-state index in [0.29, 0.717) is 18.6 Å². The van der Waals surface area contributed by atoms with Crippen molar-refractivity contribution in [2.75, 3.05) is 11.5 Å². The van der Waals surface area contributed by atoms with Crippen LogP contribution in [0.1, 0.15) is 66.7 Å². The van der Waals surface area contributed by atoms with E-state index in [9.17, 15) is 19.2 Å². The van der Waals surface area contributed by atoms with Gasteiger partial charge in [0.1, 0.15) is 5.60 Å². The number of rotatable bonds is 8. The van der Waals surface area contributed by atoms with Crippen LogP contribution in [0.25, 0.3) is 0 Å². The Labute approximate surface area is 171 Å². The Morgan fingerprint density at radius 1 is 1.29 bits per heavy atom. The summed E-state index contributed by atoms with van der Waals surface area (Å²) >= 11 is 1.43. The van der Waals surface area contributed by atoms with E-state index >= 15 is 0 Å². The molecule has 9 heteroatoms. The number of carbonyl (C=O) groups excluding carboxylic acids is 4. The number of hydrogen-bond acceptors (Lipinski definition) is 7. The minimum atomic E-state index is -0.929. The van der Waals surface area contributed by atoms with Crippen molar-refractivity contribution in [1.29, 1.82) is 0 Å². The second-order valence-corrected chi connectivity index (χ2v) is 8.97. The predicted molar refractivity (Wildman–Crippen MR) is 107 cm³/mol. The summed E-state index contributed by atoms with van der Waals surface area (Å²) in [5.41, 5.74) is -0.505. The van der Waals surface area contributed by atoms with E-state index in [0.717, 1.165) is 17.7 Å². The fourth-order valence-electron chi connectivity index (χ4n) is 2.82. The molecule has 8 nitrogen and oxygen atoms in total. The maximum absolute atomic E-state index is 12.0. The third kappa shape index (κ3) is 8.95. The number of alkyl carbamates (subject to hydrolysis) is 1. The minimum absolute atomic E-state index is 0.178. The highest BCUT2D eigenvalue weighted by Gasteiger charge is 2.35.